The van der Waals surface area contributed by atoms with Crippen LogP contribution in [0.2, 0.25) is 0 Å². The lowest BCUT2D eigenvalue weighted by Gasteiger charge is -2.27. The van der Waals surface area contributed by atoms with Crippen LogP contribution in [0.15, 0.2) is 158 Å². The van der Waals surface area contributed by atoms with E-state index in [-0.39, 0.29) is 16.2 Å². The van der Waals surface area contributed by atoms with Gasteiger partial charge in [-0.25, -0.2) is 4.98 Å². The Kier molecular flexibility index (Phi) is 7.26. The normalized spacial score (nSPS) is 15.5. The van der Waals surface area contributed by atoms with Gasteiger partial charge in [-0.3, -0.25) is 4.90 Å². The van der Waals surface area contributed by atoms with Gasteiger partial charge in [-0.2, -0.15) is 9.97 Å². The summed E-state index contributed by atoms with van der Waals surface area (Å²) >= 11 is 0. The number of rotatable bonds is 5. The van der Waals surface area contributed by atoms with Gasteiger partial charge in [0.25, 0.3) is 0 Å². The average Bonchev–Trinajstić information content (AvgIpc) is 3.73. The van der Waals surface area contributed by atoms with Crippen LogP contribution in [0.3, 0.4) is 0 Å². The molecule has 58 heavy (non-hydrogen) atoms. The van der Waals surface area contributed by atoms with Crippen molar-refractivity contribution in [1.82, 2.24) is 15.0 Å². The second-order valence-corrected chi connectivity index (χ2v) is 17.7. The first-order chi connectivity index (χ1) is 28.0. The Bertz CT molecular complexity index is 2990. The molecule has 1 heterocycles. The molecule has 4 heteroatoms. The molecule has 0 amide bonds. The molecule has 0 aliphatic heterocycles. The number of hydrogen-bond acceptors (Lipinski definition) is 4. The molecule has 280 valence electrons. The van der Waals surface area contributed by atoms with Crippen molar-refractivity contribution in [2.24, 2.45) is 0 Å². The largest absolute Gasteiger partial charge is 0.279 e. The Morgan fingerprint density at radius 1 is 0.345 bits per heavy atom. The summed E-state index contributed by atoms with van der Waals surface area (Å²) < 4.78 is 0. The molecule has 3 aliphatic carbocycles. The van der Waals surface area contributed by atoms with Gasteiger partial charge in [0.1, 0.15) is 0 Å². The first kappa shape index (κ1) is 34.6. The van der Waals surface area contributed by atoms with Gasteiger partial charge in [-0.1, -0.05) is 169 Å². The summed E-state index contributed by atoms with van der Waals surface area (Å²) in [5.74, 6) is 1.88. The van der Waals surface area contributed by atoms with Crippen LogP contribution in [-0.4, -0.2) is 15.0 Å². The molecule has 0 bridgehead atoms. The third kappa shape index (κ3) is 4.84. The van der Waals surface area contributed by atoms with E-state index in [0.717, 1.165) is 22.5 Å². The van der Waals surface area contributed by atoms with E-state index < -0.39 is 0 Å². The van der Waals surface area contributed by atoms with Crippen molar-refractivity contribution < 1.29 is 0 Å². The standard InChI is InChI=1S/C54H44N4/c1-52(2)44-25-14-12-21-38(44)42-31-33(27-30-46(42)52)49-55-50(41-23-16-22-40-37-20-11-15-26-45(37)54(5,6)48(40)41)57-51(56-49)58(34-17-8-7-9-18-34)35-28-29-39-36-19-10-13-24-43(36)53(3,4)47(39)32-35/h7-32H,1-6H3. The maximum atomic E-state index is 5.49. The first-order valence-electron chi connectivity index (χ1n) is 20.4. The fourth-order valence-corrected chi connectivity index (χ4v) is 10.4. The molecule has 0 unspecified atom stereocenters. The summed E-state index contributed by atoms with van der Waals surface area (Å²) in [4.78, 5) is 18.6. The van der Waals surface area contributed by atoms with Crippen LogP contribution in [-0.2, 0) is 16.2 Å². The van der Waals surface area contributed by atoms with Crippen molar-refractivity contribution in [2.75, 3.05) is 4.90 Å². The summed E-state index contributed by atoms with van der Waals surface area (Å²) in [6.45, 7) is 13.9. The zero-order valence-corrected chi connectivity index (χ0v) is 33.8. The van der Waals surface area contributed by atoms with Gasteiger partial charge >= 0.3 is 0 Å². The predicted molar refractivity (Wildman–Crippen MR) is 238 cm³/mol. The molecule has 11 rings (SSSR count). The van der Waals surface area contributed by atoms with E-state index in [2.05, 4.69) is 204 Å². The highest BCUT2D eigenvalue weighted by Crippen LogP contribution is 2.54. The highest BCUT2D eigenvalue weighted by molar-refractivity contribution is 5.89. The number of nitrogens with zero attached hydrogens (tertiary/aromatic N) is 4. The summed E-state index contributed by atoms with van der Waals surface area (Å²) in [7, 11) is 0. The maximum absolute atomic E-state index is 5.49. The van der Waals surface area contributed by atoms with Crippen LogP contribution in [0.25, 0.3) is 56.2 Å². The number of anilines is 3. The second kappa shape index (κ2) is 12.2. The van der Waals surface area contributed by atoms with Crippen molar-refractivity contribution in [3.63, 3.8) is 0 Å². The molecule has 0 spiro atoms. The number of hydrogen-bond donors (Lipinski definition) is 0. The Balaban J connectivity index is 1.16. The van der Waals surface area contributed by atoms with Gasteiger partial charge in [0, 0.05) is 38.7 Å². The molecule has 1 aromatic heterocycles. The predicted octanol–water partition coefficient (Wildman–Crippen LogP) is 13.6. The van der Waals surface area contributed by atoms with E-state index in [0.29, 0.717) is 17.6 Å². The molecule has 7 aromatic carbocycles. The molecule has 3 aliphatic rings. The highest BCUT2D eigenvalue weighted by atomic mass is 15.3. The Morgan fingerprint density at radius 2 is 0.862 bits per heavy atom. The van der Waals surface area contributed by atoms with Crippen molar-refractivity contribution in [2.45, 2.75) is 57.8 Å². The van der Waals surface area contributed by atoms with Gasteiger partial charge in [0.15, 0.2) is 11.6 Å². The van der Waals surface area contributed by atoms with Crippen LogP contribution in [0.5, 0.6) is 0 Å². The molecule has 8 aromatic rings. The zero-order chi connectivity index (χ0) is 39.6. The van der Waals surface area contributed by atoms with Crippen molar-refractivity contribution in [3.8, 4) is 56.2 Å². The van der Waals surface area contributed by atoms with Crippen molar-refractivity contribution >= 4 is 17.3 Å². The number of aromatic nitrogens is 3. The minimum absolute atomic E-state index is 0.101. The molecule has 0 saturated heterocycles. The molecular weight excluding hydrogens is 705 g/mol. The fourth-order valence-electron chi connectivity index (χ4n) is 10.4. The minimum Gasteiger partial charge on any atom is -0.279 e. The average molecular weight is 749 g/mol. The van der Waals surface area contributed by atoms with E-state index in [4.69, 9.17) is 15.0 Å². The molecular formula is C54H44N4. The van der Waals surface area contributed by atoms with Gasteiger partial charge in [-0.05, 0) is 97.1 Å². The molecule has 0 saturated carbocycles. The van der Waals surface area contributed by atoms with Crippen LogP contribution in [0, 0.1) is 0 Å². The van der Waals surface area contributed by atoms with Crippen LogP contribution in [0.4, 0.5) is 17.3 Å². The maximum Gasteiger partial charge on any atom is 0.238 e. The third-order valence-corrected chi connectivity index (χ3v) is 13.3. The minimum atomic E-state index is -0.252. The molecule has 0 fully saturated rings. The lowest BCUT2D eigenvalue weighted by molar-refractivity contribution is 0.660. The third-order valence-electron chi connectivity index (χ3n) is 13.3. The number of para-hydroxylation sites is 1. The Labute approximate surface area is 341 Å². The SMILES string of the molecule is CC1(C)c2ccccc2-c2cc(-c3nc(-c4cccc5c4C(C)(C)c4ccccc4-5)nc(N(c4ccccc4)c4ccc5c(c4)C(C)(C)c4ccccc4-5)n3)ccc21. The lowest BCUT2D eigenvalue weighted by Crippen LogP contribution is -2.19. The first-order valence-corrected chi connectivity index (χ1v) is 20.4. The van der Waals surface area contributed by atoms with Crippen LogP contribution < -0.4 is 4.90 Å². The monoisotopic (exact) mass is 748 g/mol. The molecule has 0 radical (unpaired) electrons. The van der Waals surface area contributed by atoms with E-state index in [1.165, 1.54) is 66.8 Å². The smallest absolute Gasteiger partial charge is 0.238 e. The molecule has 0 N–H and O–H groups in total. The van der Waals surface area contributed by atoms with Gasteiger partial charge in [-0.15, -0.1) is 0 Å². The van der Waals surface area contributed by atoms with E-state index in [1.807, 2.05) is 0 Å². The summed E-state index contributed by atoms with van der Waals surface area (Å²) in [5, 5.41) is 0. The highest BCUT2D eigenvalue weighted by Gasteiger charge is 2.40. The number of benzene rings is 7. The Hall–Kier alpha value is -6.65. The zero-order valence-electron chi connectivity index (χ0n) is 33.8. The quantitative estimate of drug-likeness (QED) is 0.176. The summed E-state index contributed by atoms with van der Waals surface area (Å²) in [6, 6.07) is 57.1. The van der Waals surface area contributed by atoms with Crippen LogP contribution >= 0.6 is 0 Å². The topological polar surface area (TPSA) is 41.9 Å². The Morgan fingerprint density at radius 3 is 1.57 bits per heavy atom. The van der Waals surface area contributed by atoms with E-state index >= 15 is 0 Å². The van der Waals surface area contributed by atoms with Gasteiger partial charge in [0.05, 0.1) is 0 Å². The lowest BCUT2D eigenvalue weighted by atomic mass is 9.80. The van der Waals surface area contributed by atoms with Gasteiger partial charge < -0.3 is 0 Å². The van der Waals surface area contributed by atoms with Gasteiger partial charge in [0.2, 0.25) is 5.95 Å². The summed E-state index contributed by atoms with van der Waals surface area (Å²) in [5.41, 5.74) is 18.9. The number of fused-ring (bicyclic) bond motifs is 9. The fraction of sp³-hybridized carbons (Fsp3) is 0.167. The molecule has 0 atom stereocenters. The van der Waals surface area contributed by atoms with E-state index in [1.54, 1.807) is 0 Å². The van der Waals surface area contributed by atoms with Crippen LogP contribution in [0.1, 0.15) is 74.9 Å². The summed E-state index contributed by atoms with van der Waals surface area (Å²) in [6.07, 6.45) is 0. The van der Waals surface area contributed by atoms with Crippen molar-refractivity contribution in [3.05, 3.63) is 191 Å². The van der Waals surface area contributed by atoms with Crippen molar-refractivity contribution in [1.29, 1.82) is 0 Å². The second-order valence-electron chi connectivity index (χ2n) is 17.7. The van der Waals surface area contributed by atoms with E-state index in [9.17, 15) is 0 Å². The molecule has 4 nitrogen and oxygen atoms in total.